The molecule has 1 aliphatic heterocycles. The van der Waals surface area contributed by atoms with Crippen molar-refractivity contribution in [3.05, 3.63) is 11.3 Å². The number of nitrogens with one attached hydrogen (secondary N) is 1. The Balaban J connectivity index is 2.18. The molecule has 1 fully saturated rings. The first-order valence-corrected chi connectivity index (χ1v) is 7.24. The molecule has 0 unspecified atom stereocenters. The number of hydrogen-bond donors (Lipinski definition) is 3. The third-order valence-electron chi connectivity index (χ3n) is 3.95. The number of likely N-dealkylation sites (tertiary alicyclic amines) is 1. The fourth-order valence-corrected chi connectivity index (χ4v) is 2.72. The number of nitrogens with two attached hydrogens (primary N) is 1. The monoisotopic (exact) mass is 279 g/mol. The largest absolute Gasteiger partial charge is 0.390 e. The molecular formula is C14H25N5O. The van der Waals surface area contributed by atoms with Crippen molar-refractivity contribution in [2.24, 2.45) is 0 Å². The van der Waals surface area contributed by atoms with E-state index in [2.05, 4.69) is 41.0 Å². The Hall–Kier alpha value is -1.40. The number of aliphatic hydroxyl groups is 1. The molecule has 1 aromatic heterocycles. The van der Waals surface area contributed by atoms with Crippen LogP contribution in [0, 0.1) is 6.92 Å². The molecule has 0 spiro atoms. The SMILES string of the molecule is CCc1c(C)nc(N)nc1N[C@@H]1CN(C(C)C)C[C@H]1O. The Bertz CT molecular complexity index is 477. The van der Waals surface area contributed by atoms with Gasteiger partial charge in [0.15, 0.2) is 0 Å². The van der Waals surface area contributed by atoms with Crippen LogP contribution in [0.1, 0.15) is 32.0 Å². The van der Waals surface area contributed by atoms with Gasteiger partial charge in [0.25, 0.3) is 0 Å². The highest BCUT2D eigenvalue weighted by Gasteiger charge is 2.33. The van der Waals surface area contributed by atoms with Crippen LogP contribution in [-0.2, 0) is 6.42 Å². The van der Waals surface area contributed by atoms with Crippen molar-refractivity contribution < 1.29 is 5.11 Å². The van der Waals surface area contributed by atoms with Gasteiger partial charge in [0.2, 0.25) is 5.95 Å². The zero-order valence-electron chi connectivity index (χ0n) is 12.7. The van der Waals surface area contributed by atoms with Gasteiger partial charge in [0, 0.05) is 30.4 Å². The molecule has 0 bridgehead atoms. The summed E-state index contributed by atoms with van der Waals surface area (Å²) >= 11 is 0. The normalized spacial score (nSPS) is 23.5. The lowest BCUT2D eigenvalue weighted by molar-refractivity contribution is 0.161. The molecule has 4 N–H and O–H groups in total. The van der Waals surface area contributed by atoms with Gasteiger partial charge in [0.05, 0.1) is 12.1 Å². The summed E-state index contributed by atoms with van der Waals surface area (Å²) in [5, 5.41) is 13.5. The summed E-state index contributed by atoms with van der Waals surface area (Å²) in [6.45, 7) is 9.78. The minimum Gasteiger partial charge on any atom is -0.390 e. The first-order valence-electron chi connectivity index (χ1n) is 7.24. The highest BCUT2D eigenvalue weighted by Crippen LogP contribution is 2.22. The van der Waals surface area contributed by atoms with Gasteiger partial charge >= 0.3 is 0 Å². The second-order valence-corrected chi connectivity index (χ2v) is 5.71. The smallest absolute Gasteiger partial charge is 0.222 e. The molecule has 1 aliphatic rings. The molecule has 1 saturated heterocycles. The van der Waals surface area contributed by atoms with Gasteiger partial charge in [-0.25, -0.2) is 4.98 Å². The molecule has 0 aromatic carbocycles. The number of hydrogen-bond acceptors (Lipinski definition) is 6. The highest BCUT2D eigenvalue weighted by molar-refractivity contribution is 5.50. The molecule has 112 valence electrons. The van der Waals surface area contributed by atoms with Gasteiger partial charge in [-0.3, -0.25) is 4.90 Å². The molecule has 20 heavy (non-hydrogen) atoms. The van der Waals surface area contributed by atoms with Crippen molar-refractivity contribution in [3.63, 3.8) is 0 Å². The van der Waals surface area contributed by atoms with Crippen molar-refractivity contribution in [1.82, 2.24) is 14.9 Å². The summed E-state index contributed by atoms with van der Waals surface area (Å²) in [5.41, 5.74) is 7.70. The van der Waals surface area contributed by atoms with E-state index in [4.69, 9.17) is 5.73 Å². The van der Waals surface area contributed by atoms with E-state index in [0.717, 1.165) is 30.0 Å². The molecular weight excluding hydrogens is 254 g/mol. The number of nitrogen functional groups attached to an aromatic ring is 1. The van der Waals surface area contributed by atoms with Crippen LogP contribution in [0.3, 0.4) is 0 Å². The average Bonchev–Trinajstić information content (AvgIpc) is 2.71. The predicted octanol–water partition coefficient (Wildman–Crippen LogP) is 0.795. The van der Waals surface area contributed by atoms with Crippen LogP contribution in [-0.4, -0.2) is 51.3 Å². The number of aromatic nitrogens is 2. The van der Waals surface area contributed by atoms with Crippen LogP contribution < -0.4 is 11.1 Å². The molecule has 0 saturated carbocycles. The molecule has 2 heterocycles. The number of anilines is 2. The zero-order valence-corrected chi connectivity index (χ0v) is 12.7. The van der Waals surface area contributed by atoms with Crippen LogP contribution in [0.4, 0.5) is 11.8 Å². The van der Waals surface area contributed by atoms with Gasteiger partial charge in [-0.1, -0.05) is 6.92 Å². The van der Waals surface area contributed by atoms with Gasteiger partial charge in [-0.2, -0.15) is 4.98 Å². The van der Waals surface area contributed by atoms with Crippen molar-refractivity contribution in [3.8, 4) is 0 Å². The van der Waals surface area contributed by atoms with Crippen LogP contribution in [0.25, 0.3) is 0 Å². The minimum absolute atomic E-state index is 0.0172. The summed E-state index contributed by atoms with van der Waals surface area (Å²) in [6.07, 6.45) is 0.448. The van der Waals surface area contributed by atoms with Crippen molar-refractivity contribution in [1.29, 1.82) is 0 Å². The summed E-state index contributed by atoms with van der Waals surface area (Å²) in [5.74, 6) is 1.03. The van der Waals surface area contributed by atoms with Gasteiger partial charge in [0.1, 0.15) is 5.82 Å². The van der Waals surface area contributed by atoms with E-state index in [1.54, 1.807) is 0 Å². The highest BCUT2D eigenvalue weighted by atomic mass is 16.3. The molecule has 0 aliphatic carbocycles. The van der Waals surface area contributed by atoms with E-state index in [-0.39, 0.29) is 12.0 Å². The molecule has 2 rings (SSSR count). The maximum absolute atomic E-state index is 10.2. The Kier molecular flexibility index (Phi) is 4.45. The number of aliphatic hydroxyl groups excluding tert-OH is 1. The first-order chi connectivity index (χ1) is 9.42. The minimum atomic E-state index is -0.390. The number of aryl methyl sites for hydroxylation is 1. The fourth-order valence-electron chi connectivity index (χ4n) is 2.72. The standard InChI is InChI=1S/C14H25N5O/c1-5-10-9(4)16-14(15)18-13(10)17-11-6-19(8(2)3)7-12(11)20/h8,11-12,20H,5-7H2,1-4H3,(H3,15,16,17,18)/t11-,12-/m1/s1. The Morgan fingerprint density at radius 3 is 2.65 bits per heavy atom. The van der Waals surface area contributed by atoms with Crippen molar-refractivity contribution in [2.75, 3.05) is 24.1 Å². The number of nitrogens with zero attached hydrogens (tertiary/aromatic N) is 3. The number of β-amino-alcohol motifs (C(OH)–C–C–N with tert-alkyl or cyclic N) is 1. The van der Waals surface area contributed by atoms with Crippen LogP contribution in [0.5, 0.6) is 0 Å². The van der Waals surface area contributed by atoms with Gasteiger partial charge in [-0.05, 0) is 27.2 Å². The first kappa shape index (κ1) is 15.0. The van der Waals surface area contributed by atoms with Gasteiger partial charge in [-0.15, -0.1) is 0 Å². The Labute approximate surface area is 120 Å². The van der Waals surface area contributed by atoms with E-state index in [1.807, 2.05) is 6.92 Å². The Morgan fingerprint density at radius 2 is 2.10 bits per heavy atom. The predicted molar refractivity (Wildman–Crippen MR) is 80.7 cm³/mol. The van der Waals surface area contributed by atoms with Crippen LogP contribution >= 0.6 is 0 Å². The molecule has 0 amide bonds. The lowest BCUT2D eigenvalue weighted by atomic mass is 10.1. The zero-order chi connectivity index (χ0) is 14.9. The molecule has 2 atom stereocenters. The second kappa shape index (κ2) is 5.93. The van der Waals surface area contributed by atoms with E-state index in [1.165, 1.54) is 0 Å². The van der Waals surface area contributed by atoms with Crippen LogP contribution in [0.15, 0.2) is 0 Å². The third kappa shape index (κ3) is 3.02. The lowest BCUT2D eigenvalue weighted by Gasteiger charge is -2.21. The maximum atomic E-state index is 10.2. The van der Waals surface area contributed by atoms with Gasteiger partial charge < -0.3 is 16.2 Å². The summed E-state index contributed by atoms with van der Waals surface area (Å²) < 4.78 is 0. The average molecular weight is 279 g/mol. The van der Waals surface area contributed by atoms with E-state index < -0.39 is 6.10 Å². The maximum Gasteiger partial charge on any atom is 0.222 e. The molecule has 1 aromatic rings. The van der Waals surface area contributed by atoms with Crippen LogP contribution in [0.2, 0.25) is 0 Å². The van der Waals surface area contributed by atoms with Crippen molar-refractivity contribution in [2.45, 2.75) is 52.3 Å². The Morgan fingerprint density at radius 1 is 1.40 bits per heavy atom. The second-order valence-electron chi connectivity index (χ2n) is 5.71. The quantitative estimate of drug-likeness (QED) is 0.755. The fraction of sp³-hybridized carbons (Fsp3) is 0.714. The summed E-state index contributed by atoms with van der Waals surface area (Å²) in [7, 11) is 0. The molecule has 6 nitrogen and oxygen atoms in total. The van der Waals surface area contributed by atoms with Crippen molar-refractivity contribution >= 4 is 11.8 Å². The third-order valence-corrected chi connectivity index (χ3v) is 3.95. The lowest BCUT2D eigenvalue weighted by Crippen LogP contribution is -2.33. The van der Waals surface area contributed by atoms with E-state index in [0.29, 0.717) is 12.6 Å². The summed E-state index contributed by atoms with van der Waals surface area (Å²) in [4.78, 5) is 10.7. The number of rotatable bonds is 4. The molecule has 6 heteroatoms. The van der Waals surface area contributed by atoms with E-state index >= 15 is 0 Å². The van der Waals surface area contributed by atoms with E-state index in [9.17, 15) is 5.11 Å². The topological polar surface area (TPSA) is 87.3 Å². The molecule has 0 radical (unpaired) electrons. The summed E-state index contributed by atoms with van der Waals surface area (Å²) in [6, 6.07) is 0.413.